The number of rotatable bonds is 4. The maximum absolute atomic E-state index is 11.7. The molecule has 19 heavy (non-hydrogen) atoms. The number of hydrogen-bond donors (Lipinski definition) is 1. The van der Waals surface area contributed by atoms with E-state index in [9.17, 15) is 9.90 Å². The van der Waals surface area contributed by atoms with Crippen molar-refractivity contribution in [1.82, 2.24) is 4.90 Å². The van der Waals surface area contributed by atoms with Crippen molar-refractivity contribution in [2.75, 3.05) is 19.9 Å². The highest BCUT2D eigenvalue weighted by atomic mass is 16.7. The lowest BCUT2D eigenvalue weighted by Crippen LogP contribution is -2.40. The summed E-state index contributed by atoms with van der Waals surface area (Å²) in [6, 6.07) is 9.71. The van der Waals surface area contributed by atoms with Crippen molar-refractivity contribution in [3.8, 4) is 0 Å². The minimum atomic E-state index is -0.375. The molecule has 0 saturated carbocycles. The number of aliphatic hydroxyl groups excluding tert-OH is 1. The Balaban J connectivity index is 1.61. The lowest BCUT2D eigenvalue weighted by molar-refractivity contribution is -0.0396. The Hall–Kier alpha value is -1.59. The molecule has 0 aliphatic carbocycles. The third-order valence-corrected chi connectivity index (χ3v) is 3.10. The molecule has 5 heteroatoms. The normalized spacial score (nSPS) is 16.4. The van der Waals surface area contributed by atoms with Gasteiger partial charge in [0, 0.05) is 13.1 Å². The molecular weight excluding hydrogens is 246 g/mol. The van der Waals surface area contributed by atoms with Crippen LogP contribution in [-0.2, 0) is 16.1 Å². The van der Waals surface area contributed by atoms with Gasteiger partial charge in [0.05, 0.1) is 12.7 Å². The fourth-order valence-electron chi connectivity index (χ4n) is 1.97. The van der Waals surface area contributed by atoms with E-state index in [4.69, 9.17) is 9.47 Å². The molecular formula is C14H19NO4. The second-order valence-electron chi connectivity index (χ2n) is 4.58. The van der Waals surface area contributed by atoms with E-state index in [1.807, 2.05) is 30.3 Å². The molecule has 1 amide bonds. The van der Waals surface area contributed by atoms with E-state index in [1.54, 1.807) is 4.90 Å². The molecule has 2 rings (SSSR count). The third kappa shape index (κ3) is 4.54. The standard InChI is InChI=1S/C14H19NO4/c16-13-6-8-15(9-7-13)14(17)19-11-18-10-12-4-2-1-3-5-12/h1-5,13,16H,6-11H2. The van der Waals surface area contributed by atoms with Gasteiger partial charge in [-0.2, -0.15) is 0 Å². The highest BCUT2D eigenvalue weighted by Crippen LogP contribution is 2.11. The zero-order valence-corrected chi connectivity index (χ0v) is 10.8. The van der Waals surface area contributed by atoms with Crippen LogP contribution in [0.2, 0.25) is 0 Å². The van der Waals surface area contributed by atoms with E-state index in [2.05, 4.69) is 0 Å². The van der Waals surface area contributed by atoms with Gasteiger partial charge in [-0.25, -0.2) is 4.79 Å². The molecule has 104 valence electrons. The molecule has 1 aliphatic heterocycles. The van der Waals surface area contributed by atoms with Crippen molar-refractivity contribution in [3.05, 3.63) is 35.9 Å². The maximum Gasteiger partial charge on any atom is 0.411 e. The van der Waals surface area contributed by atoms with E-state index in [0.29, 0.717) is 32.5 Å². The summed E-state index contributed by atoms with van der Waals surface area (Å²) >= 11 is 0. The van der Waals surface area contributed by atoms with Crippen LogP contribution >= 0.6 is 0 Å². The Kier molecular flexibility index (Phi) is 5.18. The summed E-state index contributed by atoms with van der Waals surface area (Å²) in [6.45, 7) is 1.46. The van der Waals surface area contributed by atoms with Gasteiger partial charge < -0.3 is 19.5 Å². The number of nitrogens with zero attached hydrogens (tertiary/aromatic N) is 1. The summed E-state index contributed by atoms with van der Waals surface area (Å²) < 4.78 is 10.3. The van der Waals surface area contributed by atoms with Gasteiger partial charge in [-0.05, 0) is 18.4 Å². The number of aliphatic hydroxyl groups is 1. The molecule has 5 nitrogen and oxygen atoms in total. The van der Waals surface area contributed by atoms with E-state index in [1.165, 1.54) is 0 Å². The molecule has 0 radical (unpaired) electrons. The average Bonchev–Trinajstić information content (AvgIpc) is 2.45. The molecule has 1 aromatic carbocycles. The first kappa shape index (κ1) is 13.8. The summed E-state index contributed by atoms with van der Waals surface area (Å²) in [4.78, 5) is 13.3. The zero-order valence-electron chi connectivity index (χ0n) is 10.8. The van der Waals surface area contributed by atoms with Crippen molar-refractivity contribution in [1.29, 1.82) is 0 Å². The fourth-order valence-corrected chi connectivity index (χ4v) is 1.97. The second-order valence-corrected chi connectivity index (χ2v) is 4.58. The predicted octanol–water partition coefficient (Wildman–Crippen LogP) is 1.75. The Morgan fingerprint density at radius 3 is 2.63 bits per heavy atom. The van der Waals surface area contributed by atoms with Crippen molar-refractivity contribution in [2.45, 2.75) is 25.6 Å². The Morgan fingerprint density at radius 1 is 1.26 bits per heavy atom. The van der Waals surface area contributed by atoms with Crippen LogP contribution < -0.4 is 0 Å². The first-order valence-electron chi connectivity index (χ1n) is 6.47. The zero-order chi connectivity index (χ0) is 13.5. The summed E-state index contributed by atoms with van der Waals surface area (Å²) in [5.41, 5.74) is 1.04. The minimum Gasteiger partial charge on any atom is -0.422 e. The SMILES string of the molecule is O=C(OCOCc1ccccc1)N1CCC(O)CC1. The fraction of sp³-hybridized carbons (Fsp3) is 0.500. The van der Waals surface area contributed by atoms with Gasteiger partial charge in [-0.3, -0.25) is 0 Å². The van der Waals surface area contributed by atoms with Gasteiger partial charge in [-0.15, -0.1) is 0 Å². The molecule has 1 aliphatic rings. The lowest BCUT2D eigenvalue weighted by Gasteiger charge is -2.28. The molecule has 1 N–H and O–H groups in total. The van der Waals surface area contributed by atoms with Crippen molar-refractivity contribution >= 4 is 6.09 Å². The van der Waals surface area contributed by atoms with Crippen molar-refractivity contribution in [2.24, 2.45) is 0 Å². The summed E-state index contributed by atoms with van der Waals surface area (Å²) in [5.74, 6) is 0. The molecule has 1 fully saturated rings. The monoisotopic (exact) mass is 265 g/mol. The Labute approximate surface area is 112 Å². The number of ether oxygens (including phenoxy) is 2. The van der Waals surface area contributed by atoms with E-state index in [0.717, 1.165) is 5.56 Å². The molecule has 0 spiro atoms. The molecule has 0 atom stereocenters. The van der Waals surface area contributed by atoms with Crippen LogP contribution in [0, 0.1) is 0 Å². The smallest absolute Gasteiger partial charge is 0.411 e. The van der Waals surface area contributed by atoms with Crippen LogP contribution in [-0.4, -0.2) is 42.1 Å². The number of hydrogen-bond acceptors (Lipinski definition) is 4. The lowest BCUT2D eigenvalue weighted by atomic mass is 10.1. The first-order chi connectivity index (χ1) is 9.25. The molecule has 1 heterocycles. The average molecular weight is 265 g/mol. The van der Waals surface area contributed by atoms with Crippen LogP contribution in [0.3, 0.4) is 0 Å². The topological polar surface area (TPSA) is 59.0 Å². The van der Waals surface area contributed by atoms with Crippen LogP contribution in [0.1, 0.15) is 18.4 Å². The highest BCUT2D eigenvalue weighted by Gasteiger charge is 2.22. The number of carbonyl (C=O) groups is 1. The number of piperidine rings is 1. The van der Waals surface area contributed by atoms with Gasteiger partial charge in [-0.1, -0.05) is 30.3 Å². The van der Waals surface area contributed by atoms with Gasteiger partial charge >= 0.3 is 6.09 Å². The highest BCUT2D eigenvalue weighted by molar-refractivity contribution is 5.67. The van der Waals surface area contributed by atoms with Gasteiger partial charge in [0.1, 0.15) is 0 Å². The van der Waals surface area contributed by atoms with Crippen LogP contribution in [0.5, 0.6) is 0 Å². The molecule has 1 aromatic rings. The van der Waals surface area contributed by atoms with E-state index < -0.39 is 0 Å². The number of likely N-dealkylation sites (tertiary alicyclic amines) is 1. The quantitative estimate of drug-likeness (QED) is 0.665. The second kappa shape index (κ2) is 7.11. The largest absolute Gasteiger partial charge is 0.422 e. The van der Waals surface area contributed by atoms with E-state index >= 15 is 0 Å². The van der Waals surface area contributed by atoms with Crippen LogP contribution in [0.25, 0.3) is 0 Å². The number of amides is 1. The minimum absolute atomic E-state index is 0.0488. The van der Waals surface area contributed by atoms with Gasteiger partial charge in [0.15, 0.2) is 6.79 Å². The molecule has 0 unspecified atom stereocenters. The van der Waals surface area contributed by atoms with Gasteiger partial charge in [0.2, 0.25) is 0 Å². The number of benzene rings is 1. The summed E-state index contributed by atoms with van der Waals surface area (Å²) in [7, 11) is 0. The molecule has 0 aromatic heterocycles. The Morgan fingerprint density at radius 2 is 1.95 bits per heavy atom. The molecule has 1 saturated heterocycles. The van der Waals surface area contributed by atoms with Crippen LogP contribution in [0.4, 0.5) is 4.79 Å². The van der Waals surface area contributed by atoms with Crippen molar-refractivity contribution < 1.29 is 19.4 Å². The number of carbonyl (C=O) groups excluding carboxylic acids is 1. The van der Waals surface area contributed by atoms with Crippen LogP contribution in [0.15, 0.2) is 30.3 Å². The maximum atomic E-state index is 11.7. The summed E-state index contributed by atoms with van der Waals surface area (Å²) in [6.07, 6.45) is 0.554. The predicted molar refractivity (Wildman–Crippen MR) is 69.4 cm³/mol. The Bertz CT molecular complexity index is 388. The van der Waals surface area contributed by atoms with Crippen molar-refractivity contribution in [3.63, 3.8) is 0 Å². The summed E-state index contributed by atoms with van der Waals surface area (Å²) in [5, 5.41) is 9.35. The first-order valence-corrected chi connectivity index (χ1v) is 6.47. The van der Waals surface area contributed by atoms with E-state index in [-0.39, 0.29) is 19.0 Å². The molecule has 0 bridgehead atoms. The van der Waals surface area contributed by atoms with Gasteiger partial charge in [0.25, 0.3) is 0 Å². The third-order valence-electron chi connectivity index (χ3n) is 3.10.